The highest BCUT2D eigenvalue weighted by atomic mass is 127. The van der Waals surface area contributed by atoms with Crippen LogP contribution in [0.3, 0.4) is 0 Å². The van der Waals surface area contributed by atoms with E-state index in [-0.39, 0.29) is 18.8 Å². The summed E-state index contributed by atoms with van der Waals surface area (Å²) in [6.45, 7) is -0.166. The minimum atomic E-state index is -0.921. The fourth-order valence-corrected chi connectivity index (χ4v) is 3.02. The molecule has 7 nitrogen and oxygen atoms in total. The molecule has 142 valence electrons. The molecule has 0 aliphatic carbocycles. The predicted molar refractivity (Wildman–Crippen MR) is 107 cm³/mol. The molecule has 0 spiro atoms. The number of carbonyl (C=O) groups excluding carboxylic acids is 1. The van der Waals surface area contributed by atoms with Crippen LogP contribution in [0.2, 0.25) is 0 Å². The van der Waals surface area contributed by atoms with Gasteiger partial charge in [0.2, 0.25) is 0 Å². The molecule has 0 bridgehead atoms. The van der Waals surface area contributed by atoms with Gasteiger partial charge in [0.1, 0.15) is 11.9 Å². The zero-order valence-corrected chi connectivity index (χ0v) is 16.7. The van der Waals surface area contributed by atoms with Gasteiger partial charge < -0.3 is 19.7 Å². The Labute approximate surface area is 170 Å². The van der Waals surface area contributed by atoms with Crippen LogP contribution in [0, 0.1) is 14.9 Å². The number of phenols is 1. The number of nitrogens with zero attached hydrogens (tertiary/aromatic N) is 1. The number of ether oxygens (including phenoxy) is 2. The summed E-state index contributed by atoms with van der Waals surface area (Å²) in [6, 6.07) is 13.2. The summed E-state index contributed by atoms with van der Waals surface area (Å²) in [5.74, 6) is -0.0356. The molecule has 27 heavy (non-hydrogen) atoms. The molecule has 1 amide bonds. The number of anilines is 1. The summed E-state index contributed by atoms with van der Waals surface area (Å²) in [5, 5.41) is 30.9. The van der Waals surface area contributed by atoms with Crippen molar-refractivity contribution in [3.05, 3.63) is 57.2 Å². The molecule has 2 aromatic carbocycles. The van der Waals surface area contributed by atoms with Crippen molar-refractivity contribution < 1.29 is 24.5 Å². The summed E-state index contributed by atoms with van der Waals surface area (Å²) in [6.07, 6.45) is -2.10. The first-order valence-corrected chi connectivity index (χ1v) is 9.16. The Balaban J connectivity index is 2.23. The van der Waals surface area contributed by atoms with Gasteiger partial charge in [0.15, 0.2) is 6.10 Å². The Morgan fingerprint density at radius 3 is 2.59 bits per heavy atom. The fraction of sp³-hybridized carbons (Fsp3) is 0.263. The Bertz CT molecular complexity index is 820. The van der Waals surface area contributed by atoms with E-state index >= 15 is 0 Å². The van der Waals surface area contributed by atoms with Crippen molar-refractivity contribution in [3.63, 3.8) is 0 Å². The van der Waals surface area contributed by atoms with E-state index in [0.717, 1.165) is 3.57 Å². The number of hydrogen-bond donors (Lipinski definition) is 3. The van der Waals surface area contributed by atoms with Gasteiger partial charge in [0.25, 0.3) is 0 Å². The van der Waals surface area contributed by atoms with Crippen molar-refractivity contribution in [2.45, 2.75) is 18.6 Å². The van der Waals surface area contributed by atoms with Gasteiger partial charge in [-0.2, -0.15) is 5.26 Å². The van der Waals surface area contributed by atoms with Crippen molar-refractivity contribution in [2.24, 2.45) is 0 Å². The van der Waals surface area contributed by atoms with E-state index in [2.05, 4.69) is 27.9 Å². The van der Waals surface area contributed by atoms with Crippen LogP contribution in [0.15, 0.2) is 42.5 Å². The number of aliphatic hydroxyl groups is 1. The standard InChI is InChI=1S/C19H19IN2O5/c1-26-17(8-9-23)18(15-10-13(20)4-7-16(15)24)27-19(25)22-14-5-2-12(11-21)3-6-14/h2-7,10,17-18,23-24H,8-9H2,1H3,(H,22,25)/t17-,18-/m0/s1. The molecule has 0 aromatic heterocycles. The second-order valence-corrected chi connectivity index (χ2v) is 6.88. The third kappa shape index (κ3) is 5.82. The number of benzene rings is 2. The Kier molecular flexibility index (Phi) is 7.84. The quantitative estimate of drug-likeness (QED) is 0.521. The van der Waals surface area contributed by atoms with Gasteiger partial charge in [-0.3, -0.25) is 5.32 Å². The number of nitrogens with one attached hydrogen (secondary N) is 1. The minimum absolute atomic E-state index is 0.0356. The van der Waals surface area contributed by atoms with E-state index in [0.29, 0.717) is 16.8 Å². The molecular weight excluding hydrogens is 463 g/mol. The predicted octanol–water partition coefficient (Wildman–Crippen LogP) is 3.56. The molecule has 0 aliphatic rings. The highest BCUT2D eigenvalue weighted by molar-refractivity contribution is 14.1. The number of phenolic OH excluding ortho intramolecular Hbond substituents is 1. The number of hydrogen-bond acceptors (Lipinski definition) is 6. The zero-order chi connectivity index (χ0) is 19.8. The Morgan fingerprint density at radius 1 is 1.30 bits per heavy atom. The van der Waals surface area contributed by atoms with Crippen LogP contribution in [0.25, 0.3) is 0 Å². The molecule has 3 N–H and O–H groups in total. The molecule has 0 saturated heterocycles. The lowest BCUT2D eigenvalue weighted by Crippen LogP contribution is -2.29. The van der Waals surface area contributed by atoms with Crippen LogP contribution in [-0.2, 0) is 9.47 Å². The maximum atomic E-state index is 12.4. The first-order chi connectivity index (χ1) is 13.0. The van der Waals surface area contributed by atoms with Crippen molar-refractivity contribution in [2.75, 3.05) is 19.0 Å². The van der Waals surface area contributed by atoms with Crippen molar-refractivity contribution >= 4 is 34.4 Å². The number of rotatable bonds is 7. The van der Waals surface area contributed by atoms with Gasteiger partial charge in [0.05, 0.1) is 11.6 Å². The van der Waals surface area contributed by atoms with Gasteiger partial charge in [0, 0.05) is 35.0 Å². The number of carbonyl (C=O) groups is 1. The van der Waals surface area contributed by atoms with Crippen molar-refractivity contribution in [1.82, 2.24) is 0 Å². The lowest BCUT2D eigenvalue weighted by atomic mass is 10.0. The molecule has 8 heteroatoms. The van der Waals surface area contributed by atoms with E-state index in [1.807, 2.05) is 6.07 Å². The molecule has 2 atom stereocenters. The number of nitriles is 1. The molecule has 2 rings (SSSR count). The van der Waals surface area contributed by atoms with Crippen LogP contribution in [0.1, 0.15) is 23.7 Å². The summed E-state index contributed by atoms with van der Waals surface area (Å²) in [7, 11) is 1.44. The SMILES string of the molecule is CO[C@@H](CCO)[C@@H](OC(=O)Nc1ccc(C#N)cc1)c1cc(I)ccc1O. The minimum Gasteiger partial charge on any atom is -0.508 e. The Morgan fingerprint density at radius 2 is 2.00 bits per heavy atom. The van der Waals surface area contributed by atoms with E-state index in [9.17, 15) is 15.0 Å². The number of methoxy groups -OCH3 is 1. The number of aromatic hydroxyl groups is 1. The third-order valence-electron chi connectivity index (χ3n) is 3.84. The number of aliphatic hydroxyl groups excluding tert-OH is 1. The summed E-state index contributed by atoms with van der Waals surface area (Å²) < 4.78 is 11.7. The highest BCUT2D eigenvalue weighted by Crippen LogP contribution is 2.33. The molecule has 0 saturated carbocycles. The van der Waals surface area contributed by atoms with Crippen LogP contribution >= 0.6 is 22.6 Å². The van der Waals surface area contributed by atoms with Crippen LogP contribution in [0.5, 0.6) is 5.75 Å². The summed E-state index contributed by atoms with van der Waals surface area (Å²) >= 11 is 2.09. The topological polar surface area (TPSA) is 112 Å². The third-order valence-corrected chi connectivity index (χ3v) is 4.52. The largest absolute Gasteiger partial charge is 0.508 e. The maximum absolute atomic E-state index is 12.4. The molecule has 0 heterocycles. The normalized spacial score (nSPS) is 12.7. The smallest absolute Gasteiger partial charge is 0.412 e. The maximum Gasteiger partial charge on any atom is 0.412 e. The molecule has 2 aromatic rings. The average molecular weight is 482 g/mol. The van der Waals surface area contributed by atoms with E-state index < -0.39 is 18.3 Å². The summed E-state index contributed by atoms with van der Waals surface area (Å²) in [5.41, 5.74) is 1.32. The Hall–Kier alpha value is -2.35. The van der Waals surface area contributed by atoms with Gasteiger partial charge in [-0.15, -0.1) is 0 Å². The first-order valence-electron chi connectivity index (χ1n) is 8.08. The fourth-order valence-electron chi connectivity index (χ4n) is 2.50. The molecule has 0 unspecified atom stereocenters. The first kappa shape index (κ1) is 21.0. The lowest BCUT2D eigenvalue weighted by molar-refractivity contribution is -0.0314. The van der Waals surface area contributed by atoms with E-state index in [1.165, 1.54) is 13.2 Å². The van der Waals surface area contributed by atoms with Gasteiger partial charge in [-0.05, 0) is 65.1 Å². The van der Waals surface area contributed by atoms with Gasteiger partial charge in [-0.1, -0.05) is 0 Å². The second-order valence-electron chi connectivity index (χ2n) is 5.63. The molecule has 0 radical (unpaired) electrons. The zero-order valence-electron chi connectivity index (χ0n) is 14.6. The van der Waals surface area contributed by atoms with Gasteiger partial charge >= 0.3 is 6.09 Å². The van der Waals surface area contributed by atoms with Crippen LogP contribution < -0.4 is 5.32 Å². The second kappa shape index (κ2) is 10.1. The van der Waals surface area contributed by atoms with E-state index in [4.69, 9.17) is 14.7 Å². The van der Waals surface area contributed by atoms with Gasteiger partial charge in [-0.25, -0.2) is 4.79 Å². The number of amides is 1. The molecule has 0 fully saturated rings. The monoisotopic (exact) mass is 482 g/mol. The van der Waals surface area contributed by atoms with Crippen molar-refractivity contribution in [3.8, 4) is 11.8 Å². The lowest BCUT2D eigenvalue weighted by Gasteiger charge is -2.26. The highest BCUT2D eigenvalue weighted by Gasteiger charge is 2.29. The molecule has 0 aliphatic heterocycles. The van der Waals surface area contributed by atoms with Crippen molar-refractivity contribution in [1.29, 1.82) is 5.26 Å². The summed E-state index contributed by atoms with van der Waals surface area (Å²) in [4.78, 5) is 12.4. The molecular formula is C19H19IN2O5. The van der Waals surface area contributed by atoms with Crippen LogP contribution in [-0.4, -0.2) is 36.1 Å². The van der Waals surface area contributed by atoms with E-state index in [1.54, 1.807) is 36.4 Å². The number of halogens is 1. The van der Waals surface area contributed by atoms with Crippen LogP contribution in [0.4, 0.5) is 10.5 Å². The average Bonchev–Trinajstić information content (AvgIpc) is 2.67.